The normalized spacial score (nSPS) is 25.2. The number of hydrogen-bond donors (Lipinski definition) is 1. The first-order valence-electron chi connectivity index (χ1n) is 7.39. The minimum absolute atomic E-state index is 0.187. The Hall–Kier alpha value is -0.820. The van der Waals surface area contributed by atoms with Crippen LogP contribution in [0.2, 0.25) is 0 Å². The molecular weight excluding hydrogens is 218 g/mol. The molecule has 1 heteroatoms. The summed E-state index contributed by atoms with van der Waals surface area (Å²) in [6.45, 7) is 10.3. The van der Waals surface area contributed by atoms with Gasteiger partial charge in [-0.25, -0.2) is 0 Å². The Bertz CT molecular complexity index is 398. The first-order chi connectivity index (χ1) is 8.56. The molecule has 1 aromatic carbocycles. The van der Waals surface area contributed by atoms with Crippen LogP contribution >= 0.6 is 0 Å². The van der Waals surface area contributed by atoms with Crippen LogP contribution in [-0.4, -0.2) is 6.54 Å². The Morgan fingerprint density at radius 1 is 1.11 bits per heavy atom. The minimum atomic E-state index is 0.187. The van der Waals surface area contributed by atoms with Gasteiger partial charge in [0.2, 0.25) is 0 Å². The largest absolute Gasteiger partial charge is 0.307 e. The molecule has 1 saturated heterocycles. The predicted octanol–water partition coefficient (Wildman–Crippen LogP) is 4.32. The van der Waals surface area contributed by atoms with Crippen molar-refractivity contribution in [2.45, 2.75) is 58.9 Å². The Morgan fingerprint density at radius 3 is 2.61 bits per heavy atom. The average molecular weight is 245 g/mol. The van der Waals surface area contributed by atoms with Gasteiger partial charge in [0.25, 0.3) is 0 Å². The molecular formula is C17H27N. The quantitative estimate of drug-likeness (QED) is 0.818. The van der Waals surface area contributed by atoms with Crippen molar-refractivity contribution in [1.82, 2.24) is 5.32 Å². The standard InChI is InChI=1S/C17H27N/c1-13(2)17(10-6-5-7-11-18-17)16-12-14(3)8-9-15(16)4/h8-9,12-13,18H,5-7,10-11H2,1-4H3. The molecule has 1 aliphatic rings. The van der Waals surface area contributed by atoms with E-state index in [1.807, 2.05) is 0 Å². The van der Waals surface area contributed by atoms with Crippen LogP contribution in [-0.2, 0) is 5.54 Å². The fraction of sp³-hybridized carbons (Fsp3) is 0.647. The van der Waals surface area contributed by atoms with Crippen LogP contribution in [0.15, 0.2) is 18.2 Å². The van der Waals surface area contributed by atoms with E-state index in [0.29, 0.717) is 5.92 Å². The van der Waals surface area contributed by atoms with Gasteiger partial charge >= 0.3 is 0 Å². The predicted molar refractivity (Wildman–Crippen MR) is 78.9 cm³/mol. The highest BCUT2D eigenvalue weighted by molar-refractivity contribution is 5.37. The lowest BCUT2D eigenvalue weighted by molar-refractivity contribution is 0.229. The Labute approximate surface area is 112 Å². The summed E-state index contributed by atoms with van der Waals surface area (Å²) in [6, 6.07) is 6.90. The summed E-state index contributed by atoms with van der Waals surface area (Å²) in [6.07, 6.45) is 5.30. The molecule has 0 amide bonds. The molecule has 1 unspecified atom stereocenters. The van der Waals surface area contributed by atoms with E-state index in [-0.39, 0.29) is 5.54 Å². The van der Waals surface area contributed by atoms with E-state index < -0.39 is 0 Å². The fourth-order valence-corrected chi connectivity index (χ4v) is 3.36. The van der Waals surface area contributed by atoms with Gasteiger partial charge in [-0.15, -0.1) is 0 Å². The second-order valence-corrected chi connectivity index (χ2v) is 6.18. The van der Waals surface area contributed by atoms with Gasteiger partial charge in [0.05, 0.1) is 0 Å². The number of nitrogens with one attached hydrogen (secondary N) is 1. The highest BCUT2D eigenvalue weighted by Crippen LogP contribution is 2.38. The van der Waals surface area contributed by atoms with Crippen LogP contribution < -0.4 is 5.32 Å². The molecule has 2 rings (SSSR count). The second-order valence-electron chi connectivity index (χ2n) is 6.18. The van der Waals surface area contributed by atoms with Gasteiger partial charge < -0.3 is 5.32 Å². The van der Waals surface area contributed by atoms with Gasteiger partial charge in [-0.3, -0.25) is 0 Å². The van der Waals surface area contributed by atoms with Crippen molar-refractivity contribution in [3.05, 3.63) is 34.9 Å². The van der Waals surface area contributed by atoms with Gasteiger partial charge in [0.15, 0.2) is 0 Å². The van der Waals surface area contributed by atoms with E-state index in [1.165, 1.54) is 42.4 Å². The molecule has 0 aromatic heterocycles. The molecule has 1 heterocycles. The zero-order chi connectivity index (χ0) is 13.2. The Morgan fingerprint density at radius 2 is 1.89 bits per heavy atom. The van der Waals surface area contributed by atoms with Crippen molar-refractivity contribution in [2.75, 3.05) is 6.54 Å². The van der Waals surface area contributed by atoms with Crippen molar-refractivity contribution in [3.63, 3.8) is 0 Å². The summed E-state index contributed by atoms with van der Waals surface area (Å²) in [7, 11) is 0. The van der Waals surface area contributed by atoms with Gasteiger partial charge in [0, 0.05) is 5.54 Å². The second kappa shape index (κ2) is 5.44. The zero-order valence-electron chi connectivity index (χ0n) is 12.3. The lowest BCUT2D eigenvalue weighted by Gasteiger charge is -2.40. The van der Waals surface area contributed by atoms with Crippen LogP contribution in [0.1, 0.15) is 56.2 Å². The van der Waals surface area contributed by atoms with Crippen LogP contribution in [0.4, 0.5) is 0 Å². The van der Waals surface area contributed by atoms with Crippen molar-refractivity contribution in [1.29, 1.82) is 0 Å². The van der Waals surface area contributed by atoms with E-state index in [0.717, 1.165) is 6.54 Å². The van der Waals surface area contributed by atoms with E-state index in [9.17, 15) is 0 Å². The average Bonchev–Trinajstić information content (AvgIpc) is 2.58. The minimum Gasteiger partial charge on any atom is -0.307 e. The van der Waals surface area contributed by atoms with Crippen molar-refractivity contribution >= 4 is 0 Å². The molecule has 0 bridgehead atoms. The third-order valence-corrected chi connectivity index (χ3v) is 4.55. The van der Waals surface area contributed by atoms with Crippen LogP contribution in [0, 0.1) is 19.8 Å². The molecule has 0 radical (unpaired) electrons. The van der Waals surface area contributed by atoms with Crippen molar-refractivity contribution in [3.8, 4) is 0 Å². The molecule has 0 spiro atoms. The number of aryl methyl sites for hydroxylation is 2. The summed E-state index contributed by atoms with van der Waals surface area (Å²) >= 11 is 0. The summed E-state index contributed by atoms with van der Waals surface area (Å²) in [5.74, 6) is 0.635. The maximum Gasteiger partial charge on any atom is 0.0460 e. The summed E-state index contributed by atoms with van der Waals surface area (Å²) in [5.41, 5.74) is 4.52. The van der Waals surface area contributed by atoms with Gasteiger partial charge in [-0.2, -0.15) is 0 Å². The molecule has 1 atom stereocenters. The van der Waals surface area contributed by atoms with Crippen LogP contribution in [0.5, 0.6) is 0 Å². The lowest BCUT2D eigenvalue weighted by atomic mass is 9.74. The van der Waals surface area contributed by atoms with Crippen LogP contribution in [0.25, 0.3) is 0 Å². The SMILES string of the molecule is Cc1ccc(C)c(C2(C(C)C)CCCCCN2)c1. The van der Waals surface area contributed by atoms with Gasteiger partial charge in [-0.1, -0.05) is 50.5 Å². The first kappa shape index (κ1) is 13.6. The summed E-state index contributed by atoms with van der Waals surface area (Å²) in [4.78, 5) is 0. The maximum absolute atomic E-state index is 3.88. The molecule has 0 saturated carbocycles. The third-order valence-electron chi connectivity index (χ3n) is 4.55. The molecule has 100 valence electrons. The molecule has 1 nitrogen and oxygen atoms in total. The van der Waals surface area contributed by atoms with Gasteiger partial charge in [-0.05, 0) is 50.3 Å². The maximum atomic E-state index is 3.88. The number of hydrogen-bond acceptors (Lipinski definition) is 1. The lowest BCUT2D eigenvalue weighted by Crippen LogP contribution is -2.46. The van der Waals surface area contributed by atoms with E-state index >= 15 is 0 Å². The first-order valence-corrected chi connectivity index (χ1v) is 7.39. The Kier molecular flexibility index (Phi) is 4.11. The highest BCUT2D eigenvalue weighted by Gasteiger charge is 2.36. The van der Waals surface area contributed by atoms with E-state index in [1.54, 1.807) is 0 Å². The smallest absolute Gasteiger partial charge is 0.0460 e. The Balaban J connectivity index is 2.48. The summed E-state index contributed by atoms with van der Waals surface area (Å²) in [5, 5.41) is 3.88. The van der Waals surface area contributed by atoms with Crippen molar-refractivity contribution in [2.24, 2.45) is 5.92 Å². The molecule has 1 aliphatic heterocycles. The molecule has 1 N–H and O–H groups in total. The van der Waals surface area contributed by atoms with Gasteiger partial charge in [0.1, 0.15) is 0 Å². The number of rotatable bonds is 2. The van der Waals surface area contributed by atoms with E-state index in [4.69, 9.17) is 0 Å². The third kappa shape index (κ3) is 2.47. The molecule has 1 aromatic rings. The molecule has 18 heavy (non-hydrogen) atoms. The molecule has 0 aliphatic carbocycles. The topological polar surface area (TPSA) is 12.0 Å². The monoisotopic (exact) mass is 245 g/mol. The number of benzene rings is 1. The fourth-order valence-electron chi connectivity index (χ4n) is 3.36. The summed E-state index contributed by atoms with van der Waals surface area (Å²) < 4.78 is 0. The van der Waals surface area contributed by atoms with E-state index in [2.05, 4.69) is 51.2 Å². The van der Waals surface area contributed by atoms with Crippen LogP contribution in [0.3, 0.4) is 0 Å². The molecule has 1 fully saturated rings. The highest BCUT2D eigenvalue weighted by atomic mass is 15.0. The zero-order valence-corrected chi connectivity index (χ0v) is 12.3. The van der Waals surface area contributed by atoms with Crippen molar-refractivity contribution < 1.29 is 0 Å².